The summed E-state index contributed by atoms with van der Waals surface area (Å²) in [6, 6.07) is 2.65. The first-order chi connectivity index (χ1) is 15.2. The first-order valence-corrected chi connectivity index (χ1v) is 11.9. The first-order valence-electron chi connectivity index (χ1n) is 10.4. The van der Waals surface area contributed by atoms with Gasteiger partial charge in [0.1, 0.15) is 11.9 Å². The average Bonchev–Trinajstić information content (AvgIpc) is 3.24. The molecule has 10 heteroatoms. The minimum absolute atomic E-state index is 0.0776. The smallest absolute Gasteiger partial charge is 0.322 e. The lowest BCUT2D eigenvalue weighted by Crippen LogP contribution is -2.42. The van der Waals surface area contributed by atoms with Crippen molar-refractivity contribution in [1.29, 1.82) is 0 Å². The molecular formula is C22H26FN3O5S. The number of carbonyl (C=O) groups is 1. The molecule has 0 bridgehead atoms. The Morgan fingerprint density at radius 3 is 2.72 bits per heavy atom. The fourth-order valence-corrected chi connectivity index (χ4v) is 4.70. The van der Waals surface area contributed by atoms with Gasteiger partial charge in [-0.2, -0.15) is 9.71 Å². The molecule has 1 heterocycles. The molecule has 0 aliphatic heterocycles. The van der Waals surface area contributed by atoms with Crippen LogP contribution in [0.3, 0.4) is 0 Å². The minimum Gasteiger partial charge on any atom is -0.480 e. The van der Waals surface area contributed by atoms with E-state index >= 15 is 0 Å². The van der Waals surface area contributed by atoms with E-state index in [1.54, 1.807) is 0 Å². The zero-order valence-corrected chi connectivity index (χ0v) is 18.6. The van der Waals surface area contributed by atoms with E-state index in [-0.39, 0.29) is 28.6 Å². The van der Waals surface area contributed by atoms with E-state index in [0.717, 1.165) is 31.7 Å². The summed E-state index contributed by atoms with van der Waals surface area (Å²) < 4.78 is 46.8. The Hall–Kier alpha value is -2.85. The molecule has 172 valence electrons. The highest BCUT2D eigenvalue weighted by molar-refractivity contribution is 7.93. The van der Waals surface area contributed by atoms with Crippen LogP contribution in [0.25, 0.3) is 11.4 Å². The number of allylic oxidation sites excluding steroid dienone is 3. The second kappa shape index (κ2) is 10.2. The van der Waals surface area contributed by atoms with Crippen LogP contribution in [-0.2, 0) is 21.2 Å². The number of carboxylic acid groups (broad SMARTS) is 1. The van der Waals surface area contributed by atoms with E-state index in [1.165, 1.54) is 37.6 Å². The van der Waals surface area contributed by atoms with Gasteiger partial charge in [0.25, 0.3) is 0 Å². The molecule has 1 aromatic heterocycles. The molecule has 1 fully saturated rings. The largest absolute Gasteiger partial charge is 0.480 e. The predicted molar refractivity (Wildman–Crippen MR) is 117 cm³/mol. The van der Waals surface area contributed by atoms with Gasteiger partial charge in [-0.1, -0.05) is 43.1 Å². The van der Waals surface area contributed by atoms with E-state index in [4.69, 9.17) is 4.52 Å². The van der Waals surface area contributed by atoms with Crippen LogP contribution in [0.4, 0.5) is 4.39 Å². The van der Waals surface area contributed by atoms with Crippen LogP contribution < -0.4 is 4.72 Å². The number of rotatable bonds is 9. The van der Waals surface area contributed by atoms with Crippen LogP contribution in [0.5, 0.6) is 0 Å². The maximum atomic E-state index is 14.8. The van der Waals surface area contributed by atoms with Gasteiger partial charge in [-0.25, -0.2) is 12.8 Å². The Morgan fingerprint density at radius 2 is 2.09 bits per heavy atom. The molecule has 1 aliphatic carbocycles. The highest BCUT2D eigenvalue weighted by atomic mass is 32.2. The third-order valence-electron chi connectivity index (χ3n) is 5.48. The highest BCUT2D eigenvalue weighted by Crippen LogP contribution is 2.33. The quantitative estimate of drug-likeness (QED) is 0.540. The summed E-state index contributed by atoms with van der Waals surface area (Å²) in [6.45, 7) is 4.75. The van der Waals surface area contributed by atoms with Crippen LogP contribution in [0.1, 0.15) is 56.4 Å². The van der Waals surface area contributed by atoms with E-state index in [0.29, 0.717) is 11.5 Å². The lowest BCUT2D eigenvalue weighted by Gasteiger charge is -2.17. The topological polar surface area (TPSA) is 122 Å². The van der Waals surface area contributed by atoms with Gasteiger partial charge in [0.05, 0.1) is 10.5 Å². The number of nitrogens with one attached hydrogen (secondary N) is 1. The third-order valence-corrected chi connectivity index (χ3v) is 7.06. The van der Waals surface area contributed by atoms with E-state index in [9.17, 15) is 22.7 Å². The molecule has 0 amide bonds. The Morgan fingerprint density at radius 1 is 1.38 bits per heavy atom. The zero-order chi connectivity index (χ0) is 23.3. The number of nitrogens with zero attached hydrogens (tertiary/aromatic N) is 2. The summed E-state index contributed by atoms with van der Waals surface area (Å²) in [5.74, 6) is -1.19. The van der Waals surface area contributed by atoms with Gasteiger partial charge in [-0.3, -0.25) is 4.79 Å². The van der Waals surface area contributed by atoms with Crippen LogP contribution in [0, 0.1) is 5.82 Å². The molecule has 1 aliphatic rings. The average molecular weight is 464 g/mol. The predicted octanol–water partition coefficient (Wildman–Crippen LogP) is 3.93. The number of aliphatic carboxylic acids is 1. The Balaban J connectivity index is 1.76. The van der Waals surface area contributed by atoms with Crippen molar-refractivity contribution < 1.29 is 27.2 Å². The number of hydrogen-bond acceptors (Lipinski definition) is 6. The van der Waals surface area contributed by atoms with Gasteiger partial charge in [0, 0.05) is 5.92 Å². The molecule has 2 N–H and O–H groups in total. The summed E-state index contributed by atoms with van der Waals surface area (Å²) >= 11 is 0. The maximum absolute atomic E-state index is 14.8. The number of benzene rings is 1. The molecule has 0 saturated heterocycles. The van der Waals surface area contributed by atoms with Gasteiger partial charge < -0.3 is 9.63 Å². The standard InChI is InChI=1S/C22H26FN3O5S/c1-3-7-14(2)32(29,30)26-19(22(27)28)13-15-10-11-17(18(23)12-15)20-24-21(31-25-20)16-8-5-4-6-9-16/h3,7,10-12,16,19,26H,1,4-6,8-9,13H2,2H3,(H,27,28)/b14-7+. The fourth-order valence-electron chi connectivity index (χ4n) is 3.68. The Labute approximate surface area is 186 Å². The third kappa shape index (κ3) is 5.68. The van der Waals surface area contributed by atoms with Crippen molar-refractivity contribution in [3.63, 3.8) is 0 Å². The second-order valence-corrected chi connectivity index (χ2v) is 9.72. The summed E-state index contributed by atoms with van der Waals surface area (Å²) in [5.41, 5.74) is 0.444. The van der Waals surface area contributed by atoms with Crippen molar-refractivity contribution in [3.8, 4) is 11.4 Å². The van der Waals surface area contributed by atoms with Crippen LogP contribution >= 0.6 is 0 Å². The molecule has 1 aromatic carbocycles. The van der Waals surface area contributed by atoms with Crippen molar-refractivity contribution in [3.05, 3.63) is 59.1 Å². The molecule has 1 saturated carbocycles. The van der Waals surface area contributed by atoms with Gasteiger partial charge in [-0.15, -0.1) is 0 Å². The maximum Gasteiger partial charge on any atom is 0.322 e. The molecular weight excluding hydrogens is 437 g/mol. The van der Waals surface area contributed by atoms with Crippen molar-refractivity contribution in [1.82, 2.24) is 14.9 Å². The number of halogens is 1. The number of sulfonamides is 1. The minimum atomic E-state index is -4.02. The number of hydrogen-bond donors (Lipinski definition) is 2. The Bertz CT molecular complexity index is 1120. The molecule has 3 rings (SSSR count). The summed E-state index contributed by atoms with van der Waals surface area (Å²) in [5, 5.41) is 13.3. The Kier molecular flexibility index (Phi) is 7.57. The number of carboxylic acids is 1. The second-order valence-electron chi connectivity index (χ2n) is 7.83. The van der Waals surface area contributed by atoms with E-state index in [1.807, 2.05) is 0 Å². The van der Waals surface area contributed by atoms with Gasteiger partial charge in [0.15, 0.2) is 0 Å². The van der Waals surface area contributed by atoms with Crippen molar-refractivity contribution in [2.24, 2.45) is 0 Å². The lowest BCUT2D eigenvalue weighted by molar-refractivity contribution is -0.138. The molecule has 2 aromatic rings. The lowest BCUT2D eigenvalue weighted by atomic mass is 9.89. The van der Waals surface area contributed by atoms with E-state index in [2.05, 4.69) is 21.4 Å². The van der Waals surface area contributed by atoms with Crippen LogP contribution in [0.15, 0.2) is 46.4 Å². The van der Waals surface area contributed by atoms with Gasteiger partial charge in [-0.05, 0) is 50.0 Å². The van der Waals surface area contributed by atoms with Gasteiger partial charge in [0.2, 0.25) is 21.7 Å². The molecule has 8 nitrogen and oxygen atoms in total. The summed E-state index contributed by atoms with van der Waals surface area (Å²) in [7, 11) is -4.02. The fraction of sp³-hybridized carbons (Fsp3) is 0.409. The summed E-state index contributed by atoms with van der Waals surface area (Å²) in [4.78, 5) is 15.9. The van der Waals surface area contributed by atoms with Crippen molar-refractivity contribution in [2.75, 3.05) is 0 Å². The van der Waals surface area contributed by atoms with Crippen LogP contribution in [0.2, 0.25) is 0 Å². The molecule has 1 atom stereocenters. The molecule has 0 radical (unpaired) electrons. The monoisotopic (exact) mass is 463 g/mol. The molecule has 32 heavy (non-hydrogen) atoms. The van der Waals surface area contributed by atoms with Crippen LogP contribution in [-0.4, -0.2) is 35.7 Å². The van der Waals surface area contributed by atoms with Gasteiger partial charge >= 0.3 is 5.97 Å². The van der Waals surface area contributed by atoms with Crippen molar-refractivity contribution >= 4 is 16.0 Å². The van der Waals surface area contributed by atoms with E-state index < -0.39 is 27.9 Å². The summed E-state index contributed by atoms with van der Waals surface area (Å²) in [6.07, 6.45) is 7.62. The molecule has 0 spiro atoms. The molecule has 1 unspecified atom stereocenters. The number of aromatic nitrogens is 2. The first kappa shape index (κ1) is 23.8. The zero-order valence-electron chi connectivity index (χ0n) is 17.8. The normalized spacial score (nSPS) is 16.6. The highest BCUT2D eigenvalue weighted by Gasteiger charge is 2.26. The van der Waals surface area contributed by atoms with Crippen molar-refractivity contribution in [2.45, 2.75) is 57.4 Å². The SMILES string of the molecule is C=C/C=C(\C)S(=O)(=O)NC(Cc1ccc(-c2noc(C3CCCCC3)n2)c(F)c1)C(=O)O.